The molecule has 0 aliphatic rings. The molecule has 5 aromatic rings. The maximum atomic E-state index is 14.7. The molecular weight excluding hydrogens is 541 g/mol. The summed E-state index contributed by atoms with van der Waals surface area (Å²) in [6.07, 6.45) is -1.57. The van der Waals surface area contributed by atoms with E-state index in [0.29, 0.717) is 17.2 Å². The number of sulfone groups is 1. The molecule has 39 heavy (non-hydrogen) atoms. The predicted molar refractivity (Wildman–Crippen MR) is 132 cm³/mol. The summed E-state index contributed by atoms with van der Waals surface area (Å²) in [7, 11) is -3.52. The maximum absolute atomic E-state index is 14.7. The van der Waals surface area contributed by atoms with Gasteiger partial charge in [0.15, 0.2) is 15.5 Å². The Morgan fingerprint density at radius 1 is 0.897 bits per heavy atom. The Morgan fingerprint density at radius 3 is 2.31 bits per heavy atom. The van der Waals surface area contributed by atoms with Gasteiger partial charge in [-0.2, -0.15) is 13.2 Å². The lowest BCUT2D eigenvalue weighted by Gasteiger charge is -2.16. The highest BCUT2D eigenvalue weighted by molar-refractivity contribution is 7.90. The summed E-state index contributed by atoms with van der Waals surface area (Å²) in [6.45, 7) is 1.39. The molecule has 0 saturated heterocycles. The van der Waals surface area contributed by atoms with E-state index in [0.717, 1.165) is 18.5 Å². The van der Waals surface area contributed by atoms with Gasteiger partial charge in [0.05, 0.1) is 28.2 Å². The first-order valence-electron chi connectivity index (χ1n) is 11.3. The first kappa shape index (κ1) is 26.2. The first-order valence-corrected chi connectivity index (χ1v) is 13.2. The molecule has 0 fully saturated rings. The van der Waals surface area contributed by atoms with Crippen molar-refractivity contribution < 1.29 is 30.4 Å². The van der Waals surface area contributed by atoms with Crippen LogP contribution in [-0.2, 0) is 16.0 Å². The van der Waals surface area contributed by atoms with Gasteiger partial charge in [-0.3, -0.25) is 0 Å². The third kappa shape index (κ3) is 5.04. The van der Waals surface area contributed by atoms with Crippen LogP contribution in [0.15, 0.2) is 78.0 Å². The average molecular weight is 560 g/mol. The molecule has 0 aliphatic heterocycles. The number of benzene rings is 3. The largest absolute Gasteiger partial charge is 0.434 e. The molecular formula is C26H18F5N5O2S. The zero-order valence-electron chi connectivity index (χ0n) is 20.3. The van der Waals surface area contributed by atoms with E-state index in [1.807, 2.05) is 0 Å². The van der Waals surface area contributed by atoms with Crippen LogP contribution in [-0.4, -0.2) is 39.2 Å². The van der Waals surface area contributed by atoms with E-state index in [9.17, 15) is 30.4 Å². The zero-order valence-corrected chi connectivity index (χ0v) is 21.1. The smallest absolute Gasteiger partial charge is 0.301 e. The van der Waals surface area contributed by atoms with E-state index >= 15 is 0 Å². The second-order valence-corrected chi connectivity index (χ2v) is 10.7. The van der Waals surface area contributed by atoms with Crippen LogP contribution in [0.25, 0.3) is 33.8 Å². The minimum absolute atomic E-state index is 0.0185. The Labute approximate surface area is 219 Å². The molecule has 5 rings (SSSR count). The lowest BCUT2D eigenvalue weighted by Crippen LogP contribution is -2.08. The maximum Gasteiger partial charge on any atom is 0.434 e. The number of aromatic nitrogens is 5. The van der Waals surface area contributed by atoms with Crippen molar-refractivity contribution in [2.75, 3.05) is 6.26 Å². The summed E-state index contributed by atoms with van der Waals surface area (Å²) in [5.74, 6) is -1.67. The predicted octanol–water partition coefficient (Wildman–Crippen LogP) is 5.80. The fourth-order valence-electron chi connectivity index (χ4n) is 4.13. The third-order valence-electron chi connectivity index (χ3n) is 5.99. The monoisotopic (exact) mass is 559 g/mol. The number of halogens is 5. The number of rotatable bonds is 5. The summed E-state index contributed by atoms with van der Waals surface area (Å²) in [5.41, 5.74) is 0.322. The van der Waals surface area contributed by atoms with Crippen LogP contribution in [0, 0.1) is 18.6 Å². The molecule has 0 spiro atoms. The van der Waals surface area contributed by atoms with Crippen LogP contribution in [0.1, 0.15) is 11.5 Å². The van der Waals surface area contributed by atoms with Crippen molar-refractivity contribution in [2.24, 2.45) is 0 Å². The van der Waals surface area contributed by atoms with Gasteiger partial charge in [0.1, 0.15) is 17.5 Å². The summed E-state index contributed by atoms with van der Waals surface area (Å²) in [5, 5.41) is 7.90. The Balaban J connectivity index is 1.76. The normalized spacial score (nSPS) is 12.2. The molecule has 0 N–H and O–H groups in total. The van der Waals surface area contributed by atoms with Gasteiger partial charge >= 0.3 is 6.18 Å². The highest BCUT2D eigenvalue weighted by Gasteiger charge is 2.34. The van der Waals surface area contributed by atoms with Crippen LogP contribution in [0.4, 0.5) is 22.0 Å². The van der Waals surface area contributed by atoms with Gasteiger partial charge in [0.2, 0.25) is 0 Å². The molecule has 13 heteroatoms. The van der Waals surface area contributed by atoms with Crippen LogP contribution in [0.3, 0.4) is 0 Å². The molecule has 0 saturated carbocycles. The molecule has 3 aromatic carbocycles. The van der Waals surface area contributed by atoms with E-state index in [4.69, 9.17) is 0 Å². The summed E-state index contributed by atoms with van der Waals surface area (Å²) < 4.78 is 95.2. The van der Waals surface area contributed by atoms with Crippen molar-refractivity contribution in [1.29, 1.82) is 0 Å². The number of alkyl halides is 3. The Hall–Kier alpha value is -4.39. The van der Waals surface area contributed by atoms with E-state index in [-0.39, 0.29) is 33.4 Å². The number of imidazole rings is 1. The van der Waals surface area contributed by atoms with Gasteiger partial charge < -0.3 is 4.57 Å². The summed E-state index contributed by atoms with van der Waals surface area (Å²) in [6, 6.07) is 13.7. The Kier molecular flexibility index (Phi) is 6.33. The van der Waals surface area contributed by atoms with E-state index in [2.05, 4.69) is 15.3 Å². The minimum atomic E-state index is -4.70. The fraction of sp³-hybridized carbons (Fsp3) is 0.115. The van der Waals surface area contributed by atoms with Crippen molar-refractivity contribution in [3.8, 4) is 33.8 Å². The first-order chi connectivity index (χ1) is 18.3. The standard InChI is InChI=1S/C26H18F5N5O2S/c1-15-33-25(26(29,30)31)14-35(15)22-9-6-17(16-4-3-5-19(10-16)39(2,37)38)11-23(22)36-24(13-32-34-36)20-8-7-18(27)12-21(20)28/h3-14H,1-2H3. The van der Waals surface area contributed by atoms with Crippen molar-refractivity contribution in [2.45, 2.75) is 18.0 Å². The summed E-state index contributed by atoms with van der Waals surface area (Å²) >= 11 is 0. The van der Waals surface area contributed by atoms with Crippen molar-refractivity contribution in [3.63, 3.8) is 0 Å². The SMILES string of the molecule is Cc1nc(C(F)(F)F)cn1-c1ccc(-c2cccc(S(C)(=O)=O)c2)cc1-n1nncc1-c1ccc(F)cc1F. The average Bonchev–Trinajstić information content (AvgIpc) is 3.50. The second kappa shape index (κ2) is 9.42. The zero-order chi connectivity index (χ0) is 28.1. The molecule has 0 aliphatic carbocycles. The van der Waals surface area contributed by atoms with E-state index in [1.54, 1.807) is 24.3 Å². The third-order valence-corrected chi connectivity index (χ3v) is 7.10. The number of hydrogen-bond acceptors (Lipinski definition) is 5. The van der Waals surface area contributed by atoms with Crippen molar-refractivity contribution >= 4 is 9.84 Å². The van der Waals surface area contributed by atoms with Crippen LogP contribution >= 0.6 is 0 Å². The Morgan fingerprint density at radius 2 is 1.64 bits per heavy atom. The molecule has 0 amide bonds. The van der Waals surface area contributed by atoms with Crippen molar-refractivity contribution in [1.82, 2.24) is 24.5 Å². The summed E-state index contributed by atoms with van der Waals surface area (Å²) in [4.78, 5) is 3.70. The molecule has 0 bridgehead atoms. The van der Waals surface area contributed by atoms with E-state index in [1.165, 1.54) is 46.6 Å². The Bertz CT molecular complexity index is 1830. The molecule has 2 heterocycles. The van der Waals surface area contributed by atoms with Crippen LogP contribution in [0.2, 0.25) is 0 Å². The molecule has 0 atom stereocenters. The van der Waals surface area contributed by atoms with Gasteiger partial charge in [-0.25, -0.2) is 26.9 Å². The van der Waals surface area contributed by atoms with Crippen molar-refractivity contribution in [3.05, 3.63) is 96.2 Å². The van der Waals surface area contributed by atoms with E-state index < -0.39 is 33.3 Å². The highest BCUT2D eigenvalue weighted by atomic mass is 32.2. The topological polar surface area (TPSA) is 82.7 Å². The molecule has 7 nitrogen and oxygen atoms in total. The number of aryl methyl sites for hydroxylation is 1. The quantitative estimate of drug-likeness (QED) is 0.255. The lowest BCUT2D eigenvalue weighted by atomic mass is 10.0. The second-order valence-electron chi connectivity index (χ2n) is 8.70. The highest BCUT2D eigenvalue weighted by Crippen LogP contribution is 2.34. The molecule has 0 radical (unpaired) electrons. The lowest BCUT2D eigenvalue weighted by molar-refractivity contribution is -0.141. The van der Waals surface area contributed by atoms with Crippen LogP contribution in [0.5, 0.6) is 0 Å². The van der Waals surface area contributed by atoms with Gasteiger partial charge in [-0.15, -0.1) is 5.10 Å². The molecule has 2 aromatic heterocycles. The minimum Gasteiger partial charge on any atom is -0.301 e. The fourth-order valence-corrected chi connectivity index (χ4v) is 4.80. The van der Waals surface area contributed by atoms with Gasteiger partial charge in [0, 0.05) is 24.1 Å². The number of hydrogen-bond donors (Lipinski definition) is 0. The van der Waals surface area contributed by atoms with Gasteiger partial charge in [0.25, 0.3) is 0 Å². The molecule has 200 valence electrons. The molecule has 0 unspecified atom stereocenters. The van der Waals surface area contributed by atoms with Crippen LogP contribution < -0.4 is 0 Å². The van der Waals surface area contributed by atoms with Gasteiger partial charge in [-0.1, -0.05) is 23.4 Å². The number of nitrogens with zero attached hydrogens (tertiary/aromatic N) is 5. The van der Waals surface area contributed by atoms with Gasteiger partial charge in [-0.05, 0) is 54.4 Å².